The quantitative estimate of drug-likeness (QED) is 0.487. The van der Waals surface area contributed by atoms with Gasteiger partial charge in [-0.2, -0.15) is 0 Å². The number of ether oxygens (including phenoxy) is 1. The van der Waals surface area contributed by atoms with Gasteiger partial charge in [0.15, 0.2) is 10.6 Å². The van der Waals surface area contributed by atoms with E-state index in [0.29, 0.717) is 19.0 Å². The highest BCUT2D eigenvalue weighted by molar-refractivity contribution is 7.77. The molecule has 0 radical (unpaired) electrons. The minimum absolute atomic E-state index is 0.222. The molecule has 0 unspecified atom stereocenters. The minimum Gasteiger partial charge on any atom is -0.378 e. The van der Waals surface area contributed by atoms with E-state index < -0.39 is 0 Å². The standard InChI is InChI=1S/C15H15ClFN3OS/c16-15-18-12(10-22-13-3-1-2-11(17)8-13)9-14(19-15)20-4-6-21-7-5-20/h1-3,8-9H,4-7,10H2/p+1. The van der Waals surface area contributed by atoms with E-state index in [2.05, 4.69) is 14.9 Å². The summed E-state index contributed by atoms with van der Waals surface area (Å²) in [7, 11) is 0. The van der Waals surface area contributed by atoms with Crippen LogP contribution in [0.5, 0.6) is 0 Å². The third kappa shape index (κ3) is 4.09. The molecule has 1 aliphatic rings. The molecule has 1 aliphatic heterocycles. The predicted molar refractivity (Wildman–Crippen MR) is 87.2 cm³/mol. The molecule has 1 fully saturated rings. The Bertz CT molecular complexity index is 652. The SMILES string of the molecule is Fc1cccc([SH+]Cc2cc(N3CCOCC3)nc(Cl)n2)c1. The van der Waals surface area contributed by atoms with Gasteiger partial charge in [0, 0.05) is 37.0 Å². The second-order valence-corrected chi connectivity index (χ2v) is 6.37. The van der Waals surface area contributed by atoms with Crippen LogP contribution in [0.1, 0.15) is 5.69 Å². The zero-order valence-corrected chi connectivity index (χ0v) is 13.5. The lowest BCUT2D eigenvalue weighted by atomic mass is 10.3. The molecule has 1 aromatic heterocycles. The maximum atomic E-state index is 13.2. The minimum atomic E-state index is -0.222. The first-order valence-corrected chi connectivity index (χ1v) is 8.46. The first kappa shape index (κ1) is 15.5. The summed E-state index contributed by atoms with van der Waals surface area (Å²) < 4.78 is 18.5. The van der Waals surface area contributed by atoms with Crippen LogP contribution in [0.4, 0.5) is 10.2 Å². The average molecular weight is 341 g/mol. The molecule has 1 saturated heterocycles. The first-order valence-electron chi connectivity index (χ1n) is 7.00. The Hall–Kier alpha value is -1.37. The number of aromatic nitrogens is 2. The van der Waals surface area contributed by atoms with Gasteiger partial charge in [0.1, 0.15) is 11.6 Å². The van der Waals surface area contributed by atoms with E-state index in [0.717, 1.165) is 41.3 Å². The van der Waals surface area contributed by atoms with Gasteiger partial charge in [-0.15, -0.1) is 0 Å². The van der Waals surface area contributed by atoms with Crippen LogP contribution in [0.3, 0.4) is 0 Å². The Morgan fingerprint density at radius 2 is 2.05 bits per heavy atom. The first-order chi connectivity index (χ1) is 10.7. The molecule has 2 aromatic rings. The number of benzene rings is 1. The number of thiol groups is 1. The van der Waals surface area contributed by atoms with Gasteiger partial charge in [-0.05, 0) is 23.7 Å². The summed E-state index contributed by atoms with van der Waals surface area (Å²) in [5, 5.41) is 0.244. The fourth-order valence-corrected chi connectivity index (χ4v) is 3.34. The highest BCUT2D eigenvalue weighted by Gasteiger charge is 2.16. The zero-order valence-electron chi connectivity index (χ0n) is 11.9. The second kappa shape index (κ2) is 7.26. The molecule has 0 spiro atoms. The Kier molecular flexibility index (Phi) is 5.12. The number of morpholine rings is 1. The van der Waals surface area contributed by atoms with Crippen molar-refractivity contribution in [2.75, 3.05) is 31.2 Å². The van der Waals surface area contributed by atoms with Gasteiger partial charge in [-0.1, -0.05) is 6.07 Å². The van der Waals surface area contributed by atoms with Gasteiger partial charge in [0.25, 0.3) is 0 Å². The second-order valence-electron chi connectivity index (χ2n) is 4.88. The van der Waals surface area contributed by atoms with Gasteiger partial charge in [-0.25, -0.2) is 14.4 Å². The Morgan fingerprint density at radius 3 is 2.82 bits per heavy atom. The molecule has 22 heavy (non-hydrogen) atoms. The molecule has 1 aromatic carbocycles. The largest absolute Gasteiger partial charge is 0.378 e. The van der Waals surface area contributed by atoms with Crippen LogP contribution in [-0.2, 0) is 22.3 Å². The van der Waals surface area contributed by atoms with Crippen LogP contribution in [0.2, 0.25) is 5.28 Å². The van der Waals surface area contributed by atoms with E-state index in [1.807, 2.05) is 12.1 Å². The van der Waals surface area contributed by atoms with Crippen LogP contribution in [0.25, 0.3) is 0 Å². The molecule has 0 bridgehead atoms. The molecule has 0 N–H and O–H groups in total. The van der Waals surface area contributed by atoms with Crippen molar-refractivity contribution in [1.82, 2.24) is 9.97 Å². The lowest BCUT2D eigenvalue weighted by Gasteiger charge is -2.27. The topological polar surface area (TPSA) is 38.2 Å². The third-order valence-corrected chi connectivity index (χ3v) is 4.60. The van der Waals surface area contributed by atoms with E-state index in [-0.39, 0.29) is 11.1 Å². The Morgan fingerprint density at radius 1 is 1.23 bits per heavy atom. The maximum absolute atomic E-state index is 13.2. The number of hydrogen-bond donors (Lipinski definition) is 0. The lowest BCUT2D eigenvalue weighted by molar-refractivity contribution is 0.122. The van der Waals surface area contributed by atoms with Crippen molar-refractivity contribution in [3.8, 4) is 0 Å². The van der Waals surface area contributed by atoms with Crippen molar-refractivity contribution in [1.29, 1.82) is 0 Å². The van der Waals surface area contributed by atoms with Crippen molar-refractivity contribution in [2.45, 2.75) is 10.6 Å². The van der Waals surface area contributed by atoms with Crippen molar-refractivity contribution in [2.24, 2.45) is 0 Å². The fraction of sp³-hybridized carbons (Fsp3) is 0.333. The maximum Gasteiger partial charge on any atom is 0.224 e. The van der Waals surface area contributed by atoms with Gasteiger partial charge in [0.2, 0.25) is 5.28 Å². The molecule has 4 nitrogen and oxygen atoms in total. The summed E-state index contributed by atoms with van der Waals surface area (Å²) in [6, 6.07) is 8.54. The van der Waals surface area contributed by atoms with Crippen molar-refractivity contribution < 1.29 is 9.13 Å². The average Bonchev–Trinajstić information content (AvgIpc) is 2.53. The highest BCUT2D eigenvalue weighted by atomic mass is 35.5. The fourth-order valence-electron chi connectivity index (χ4n) is 2.23. The van der Waals surface area contributed by atoms with Crippen molar-refractivity contribution in [3.05, 3.63) is 47.1 Å². The van der Waals surface area contributed by atoms with E-state index in [4.69, 9.17) is 16.3 Å². The summed E-state index contributed by atoms with van der Waals surface area (Å²) >= 11 is 7.02. The molecule has 116 valence electrons. The summed E-state index contributed by atoms with van der Waals surface area (Å²) in [5.74, 6) is 1.27. The molecule has 7 heteroatoms. The zero-order chi connectivity index (χ0) is 15.4. The monoisotopic (exact) mass is 340 g/mol. The molecular weight excluding hydrogens is 325 g/mol. The predicted octanol–water partition coefficient (Wildman–Crippen LogP) is 2.48. The van der Waals surface area contributed by atoms with Gasteiger partial charge in [0.05, 0.1) is 18.9 Å². The molecule has 2 heterocycles. The summed E-state index contributed by atoms with van der Waals surface area (Å²) in [4.78, 5) is 11.6. The Labute approximate surface area is 137 Å². The number of halogens is 2. The number of hydrogen-bond acceptors (Lipinski definition) is 4. The number of rotatable bonds is 4. The summed E-state index contributed by atoms with van der Waals surface area (Å²) in [5.41, 5.74) is 0.854. The Balaban J connectivity index is 1.71. The van der Waals surface area contributed by atoms with Gasteiger partial charge < -0.3 is 9.64 Å². The molecular formula is C15H16ClFN3OS+. The molecule has 3 rings (SSSR count). The molecule has 0 saturated carbocycles. The van der Waals surface area contributed by atoms with Crippen LogP contribution >= 0.6 is 11.6 Å². The van der Waals surface area contributed by atoms with Crippen molar-refractivity contribution >= 4 is 29.2 Å². The normalized spacial score (nSPS) is 15.1. The molecule has 0 aliphatic carbocycles. The van der Waals surface area contributed by atoms with Crippen molar-refractivity contribution in [3.63, 3.8) is 0 Å². The summed E-state index contributed by atoms with van der Waals surface area (Å²) in [6.07, 6.45) is 0. The van der Waals surface area contributed by atoms with Crippen LogP contribution < -0.4 is 4.90 Å². The van der Waals surface area contributed by atoms with E-state index in [1.54, 1.807) is 6.07 Å². The van der Waals surface area contributed by atoms with E-state index in [1.165, 1.54) is 12.1 Å². The van der Waals surface area contributed by atoms with E-state index in [9.17, 15) is 4.39 Å². The smallest absolute Gasteiger partial charge is 0.224 e. The third-order valence-electron chi connectivity index (χ3n) is 3.31. The van der Waals surface area contributed by atoms with E-state index >= 15 is 0 Å². The van der Waals surface area contributed by atoms with Crippen LogP contribution in [0.15, 0.2) is 35.2 Å². The molecule has 0 amide bonds. The molecule has 0 atom stereocenters. The number of nitrogens with zero attached hydrogens (tertiary/aromatic N) is 3. The highest BCUT2D eigenvalue weighted by Crippen LogP contribution is 2.18. The van der Waals surface area contributed by atoms with Crippen LogP contribution in [0, 0.1) is 5.82 Å². The summed E-state index contributed by atoms with van der Waals surface area (Å²) in [6.45, 7) is 2.99. The lowest BCUT2D eigenvalue weighted by Crippen LogP contribution is -2.36. The van der Waals surface area contributed by atoms with Gasteiger partial charge >= 0.3 is 0 Å². The van der Waals surface area contributed by atoms with Gasteiger partial charge in [-0.3, -0.25) is 0 Å². The van der Waals surface area contributed by atoms with Crippen LogP contribution in [-0.4, -0.2) is 36.3 Å². The number of anilines is 1.